The molecule has 0 amide bonds. The summed E-state index contributed by atoms with van der Waals surface area (Å²) in [5, 5.41) is 9.89. The van der Waals surface area contributed by atoms with Crippen molar-refractivity contribution in [3.63, 3.8) is 0 Å². The maximum Gasteiger partial charge on any atom is 0.0562 e. The van der Waals surface area contributed by atoms with Crippen LogP contribution in [-0.4, -0.2) is 13.7 Å². The first-order chi connectivity index (χ1) is 33.2. The third kappa shape index (κ3) is 5.92. The largest absolute Gasteiger partial charge is 0.309 e. The van der Waals surface area contributed by atoms with Gasteiger partial charge in [-0.1, -0.05) is 164 Å². The van der Waals surface area contributed by atoms with Gasteiger partial charge in [-0.3, -0.25) is 0 Å². The summed E-state index contributed by atoms with van der Waals surface area (Å²) in [6.07, 6.45) is 0. The fraction of sp³-hybridized carbons (Fsp3) is 0. The second-order valence-corrected chi connectivity index (χ2v) is 17.8. The number of rotatable bonds is 6. The van der Waals surface area contributed by atoms with Gasteiger partial charge in [-0.15, -0.1) is 0 Å². The molecule has 14 aromatic rings. The minimum atomic E-state index is 1.13. The van der Waals surface area contributed by atoms with E-state index in [9.17, 15) is 0 Å². The van der Waals surface area contributed by atoms with Crippen LogP contribution in [0.4, 0.5) is 0 Å². The molecule has 0 aliphatic heterocycles. The summed E-state index contributed by atoms with van der Waals surface area (Å²) in [6, 6.07) is 91.3. The molecule has 0 fully saturated rings. The van der Waals surface area contributed by atoms with Crippen LogP contribution in [0, 0.1) is 0 Å². The number of nitrogens with zero attached hydrogens (tertiary/aromatic N) is 3. The van der Waals surface area contributed by atoms with Crippen LogP contribution in [0.5, 0.6) is 0 Å². The maximum atomic E-state index is 2.46. The Morgan fingerprint density at radius 1 is 0.179 bits per heavy atom. The smallest absolute Gasteiger partial charge is 0.0562 e. The Morgan fingerprint density at radius 3 is 1.27 bits per heavy atom. The van der Waals surface area contributed by atoms with Crippen molar-refractivity contribution in [1.82, 2.24) is 13.7 Å². The Labute approximate surface area is 387 Å². The molecule has 0 saturated heterocycles. The van der Waals surface area contributed by atoms with Crippen LogP contribution >= 0.6 is 0 Å². The Kier molecular flexibility index (Phi) is 8.28. The van der Waals surface area contributed by atoms with Crippen molar-refractivity contribution < 1.29 is 0 Å². The molecule has 0 aliphatic rings. The van der Waals surface area contributed by atoms with Crippen molar-refractivity contribution in [3.8, 4) is 50.4 Å². The SMILES string of the molecule is c1ccc(-c2ccc(-n3c4ccc(-c5ccc6c(c5)c5ccccc5n6-c5cccc(-c6ccccc6)c5)cc4c4cc5c6ccccc6n(-c6ccc7ccccc7c6)c5cc43)cc2)cc1. The second kappa shape index (κ2) is 14.8. The molecule has 3 heteroatoms. The Hall–Kier alpha value is -8.92. The van der Waals surface area contributed by atoms with Gasteiger partial charge in [0.1, 0.15) is 0 Å². The van der Waals surface area contributed by atoms with E-state index in [1.165, 1.54) is 110 Å². The second-order valence-electron chi connectivity index (χ2n) is 17.8. The molecule has 0 bridgehead atoms. The van der Waals surface area contributed by atoms with E-state index in [1.807, 2.05) is 0 Å². The summed E-state index contributed by atoms with van der Waals surface area (Å²) in [7, 11) is 0. The number of hydrogen-bond donors (Lipinski definition) is 0. The number of benzene rings is 11. The van der Waals surface area contributed by atoms with Gasteiger partial charge in [-0.25, -0.2) is 0 Å². The molecular formula is C64H41N3. The van der Waals surface area contributed by atoms with Crippen molar-refractivity contribution in [2.75, 3.05) is 0 Å². The van der Waals surface area contributed by atoms with E-state index in [4.69, 9.17) is 0 Å². The van der Waals surface area contributed by atoms with Gasteiger partial charge in [-0.2, -0.15) is 0 Å². The molecule has 3 heterocycles. The molecule has 0 saturated carbocycles. The van der Waals surface area contributed by atoms with Gasteiger partial charge in [0.05, 0.1) is 33.1 Å². The highest BCUT2D eigenvalue weighted by atomic mass is 15.0. The lowest BCUT2D eigenvalue weighted by Gasteiger charge is -2.12. The first kappa shape index (κ1) is 37.5. The third-order valence-electron chi connectivity index (χ3n) is 14.0. The van der Waals surface area contributed by atoms with E-state index in [0.717, 1.165) is 17.1 Å². The zero-order valence-corrected chi connectivity index (χ0v) is 36.5. The lowest BCUT2D eigenvalue weighted by molar-refractivity contribution is 1.17. The summed E-state index contributed by atoms with van der Waals surface area (Å²) >= 11 is 0. The maximum absolute atomic E-state index is 2.46. The fourth-order valence-corrected chi connectivity index (χ4v) is 10.9. The van der Waals surface area contributed by atoms with Crippen LogP contribution in [0.25, 0.3) is 127 Å². The van der Waals surface area contributed by atoms with Crippen LogP contribution in [0.1, 0.15) is 0 Å². The Morgan fingerprint density at radius 2 is 0.597 bits per heavy atom. The Balaban J connectivity index is 0.984. The molecule has 3 aromatic heterocycles. The molecule has 0 unspecified atom stereocenters. The number of hydrogen-bond acceptors (Lipinski definition) is 0. The zero-order valence-electron chi connectivity index (χ0n) is 36.5. The average Bonchev–Trinajstić information content (AvgIpc) is 4.03. The molecule has 0 radical (unpaired) electrons. The van der Waals surface area contributed by atoms with Crippen molar-refractivity contribution in [2.24, 2.45) is 0 Å². The van der Waals surface area contributed by atoms with Gasteiger partial charge in [-0.05, 0) is 129 Å². The summed E-state index contributed by atoms with van der Waals surface area (Å²) in [5.74, 6) is 0. The molecule has 11 aromatic carbocycles. The van der Waals surface area contributed by atoms with Gasteiger partial charge in [0.25, 0.3) is 0 Å². The van der Waals surface area contributed by atoms with E-state index < -0.39 is 0 Å². The summed E-state index contributed by atoms with van der Waals surface area (Å²) in [6.45, 7) is 0. The Bertz CT molecular complexity index is 4240. The zero-order chi connectivity index (χ0) is 44.0. The summed E-state index contributed by atoms with van der Waals surface area (Å²) in [4.78, 5) is 0. The van der Waals surface area contributed by atoms with Crippen molar-refractivity contribution in [3.05, 3.63) is 249 Å². The van der Waals surface area contributed by atoms with Crippen molar-refractivity contribution in [2.45, 2.75) is 0 Å². The minimum Gasteiger partial charge on any atom is -0.309 e. The molecule has 0 N–H and O–H groups in total. The first-order valence-electron chi connectivity index (χ1n) is 23.1. The lowest BCUT2D eigenvalue weighted by Crippen LogP contribution is -1.96. The van der Waals surface area contributed by atoms with Gasteiger partial charge in [0, 0.05) is 49.4 Å². The normalized spacial score (nSPS) is 11.9. The molecule has 67 heavy (non-hydrogen) atoms. The molecule has 0 aliphatic carbocycles. The monoisotopic (exact) mass is 851 g/mol. The van der Waals surface area contributed by atoms with Gasteiger partial charge in [0.15, 0.2) is 0 Å². The van der Waals surface area contributed by atoms with Crippen LogP contribution in [-0.2, 0) is 0 Å². The topological polar surface area (TPSA) is 14.8 Å². The minimum absolute atomic E-state index is 1.13. The molecule has 0 atom stereocenters. The highest BCUT2D eigenvalue weighted by Gasteiger charge is 2.20. The van der Waals surface area contributed by atoms with Gasteiger partial charge in [0.2, 0.25) is 0 Å². The molecule has 0 spiro atoms. The molecular weight excluding hydrogens is 811 g/mol. The average molecular weight is 852 g/mol. The molecule has 312 valence electrons. The molecule has 14 rings (SSSR count). The molecule has 3 nitrogen and oxygen atoms in total. The standard InChI is InChI=1S/C64H41N3/c1-3-14-42(15-4-1)45-26-31-50(32-27-45)65-62-35-30-49(48-29-34-61-55(38-48)53-22-9-11-24-59(53)66(61)51-21-13-20-47(36-51)43-16-5-2-6-17-43)39-56(62)58-40-57-54-23-10-12-25-60(54)67(63(57)41-64(58)65)52-33-28-44-18-7-8-19-46(44)37-52/h1-41H. The van der Waals surface area contributed by atoms with Crippen LogP contribution in [0.2, 0.25) is 0 Å². The number of para-hydroxylation sites is 2. The fourth-order valence-electron chi connectivity index (χ4n) is 10.9. The lowest BCUT2D eigenvalue weighted by atomic mass is 10.00. The number of aromatic nitrogens is 3. The van der Waals surface area contributed by atoms with Crippen LogP contribution in [0.15, 0.2) is 249 Å². The van der Waals surface area contributed by atoms with E-state index in [-0.39, 0.29) is 0 Å². The predicted molar refractivity (Wildman–Crippen MR) is 283 cm³/mol. The first-order valence-corrected chi connectivity index (χ1v) is 23.1. The van der Waals surface area contributed by atoms with Crippen LogP contribution < -0.4 is 0 Å². The van der Waals surface area contributed by atoms with E-state index in [1.54, 1.807) is 0 Å². The van der Waals surface area contributed by atoms with Crippen molar-refractivity contribution >= 4 is 76.2 Å². The van der Waals surface area contributed by atoms with E-state index >= 15 is 0 Å². The van der Waals surface area contributed by atoms with Gasteiger partial charge >= 0.3 is 0 Å². The summed E-state index contributed by atoms with van der Waals surface area (Å²) in [5.41, 5.74) is 17.8. The predicted octanol–water partition coefficient (Wildman–Crippen LogP) is 17.1. The highest BCUT2D eigenvalue weighted by molar-refractivity contribution is 6.20. The quantitative estimate of drug-likeness (QED) is 0.158. The van der Waals surface area contributed by atoms with Crippen molar-refractivity contribution in [1.29, 1.82) is 0 Å². The summed E-state index contributed by atoms with van der Waals surface area (Å²) < 4.78 is 7.33. The third-order valence-corrected chi connectivity index (χ3v) is 14.0. The number of fused-ring (bicyclic) bond motifs is 10. The van der Waals surface area contributed by atoms with E-state index in [0.29, 0.717) is 0 Å². The van der Waals surface area contributed by atoms with Crippen LogP contribution in [0.3, 0.4) is 0 Å². The van der Waals surface area contributed by atoms with E-state index in [2.05, 4.69) is 262 Å². The van der Waals surface area contributed by atoms with Gasteiger partial charge < -0.3 is 13.7 Å². The highest BCUT2D eigenvalue weighted by Crippen LogP contribution is 2.42.